The Labute approximate surface area is 308 Å². The normalized spacial score (nSPS) is 52.4. The minimum absolute atomic E-state index is 0.00556. The van der Waals surface area contributed by atoms with Gasteiger partial charge in [-0.25, -0.2) is 0 Å². The molecule has 11 heteroatoms. The maximum atomic E-state index is 14.1. The first-order valence-corrected chi connectivity index (χ1v) is 20.5. The largest absolute Gasteiger partial charge is 0.393 e. The van der Waals surface area contributed by atoms with Gasteiger partial charge < -0.3 is 47.7 Å². The van der Waals surface area contributed by atoms with Crippen molar-refractivity contribution >= 4 is 5.78 Å². The maximum absolute atomic E-state index is 14.1. The number of methoxy groups -OCH3 is 1. The van der Waals surface area contributed by atoms with E-state index in [1.165, 1.54) is 0 Å². The molecule has 18 unspecified atom stereocenters. The highest BCUT2D eigenvalue weighted by Crippen LogP contribution is 2.54. The first kappa shape index (κ1) is 36.4. The van der Waals surface area contributed by atoms with Crippen molar-refractivity contribution in [1.82, 2.24) is 0 Å². The molecule has 0 aromatic carbocycles. The molecule has 52 heavy (non-hydrogen) atoms. The van der Waals surface area contributed by atoms with E-state index in [1.54, 1.807) is 7.11 Å². The number of hydrogen-bond acceptors (Lipinski definition) is 11. The topological polar surface area (TPSA) is 120 Å². The van der Waals surface area contributed by atoms with Crippen molar-refractivity contribution < 1.29 is 52.5 Å². The molecule has 10 heterocycles. The minimum Gasteiger partial charge on any atom is -0.393 e. The fourth-order valence-corrected chi connectivity index (χ4v) is 11.4. The first-order chi connectivity index (χ1) is 25.1. The average molecular weight is 729 g/mol. The highest BCUT2D eigenvalue weighted by molar-refractivity contribution is 5.79. The summed E-state index contributed by atoms with van der Waals surface area (Å²) in [6.45, 7) is 13.1. The van der Waals surface area contributed by atoms with Gasteiger partial charge in [-0.3, -0.25) is 4.79 Å². The van der Waals surface area contributed by atoms with Gasteiger partial charge >= 0.3 is 0 Å². The third kappa shape index (κ3) is 6.60. The summed E-state index contributed by atoms with van der Waals surface area (Å²) in [5.74, 6) is -0.530. The molecule has 1 spiro atoms. The zero-order valence-electron chi connectivity index (χ0n) is 31.2. The van der Waals surface area contributed by atoms with Gasteiger partial charge in [0.2, 0.25) is 0 Å². The van der Waals surface area contributed by atoms with Crippen LogP contribution in [0.4, 0.5) is 0 Å². The Morgan fingerprint density at radius 2 is 1.54 bits per heavy atom. The lowest BCUT2D eigenvalue weighted by molar-refractivity contribution is -0.292. The van der Waals surface area contributed by atoms with Crippen LogP contribution >= 0.6 is 0 Å². The van der Waals surface area contributed by atoms with E-state index in [-0.39, 0.29) is 103 Å². The van der Waals surface area contributed by atoms with E-state index in [1.807, 2.05) is 6.92 Å². The number of aliphatic hydroxyl groups excluding tert-OH is 1. The number of aliphatic hydroxyl groups is 1. The summed E-state index contributed by atoms with van der Waals surface area (Å²) in [6.07, 6.45) is 6.32. The Bertz CT molecular complexity index is 1370. The second kappa shape index (κ2) is 14.4. The van der Waals surface area contributed by atoms with Crippen LogP contribution < -0.4 is 0 Å². The van der Waals surface area contributed by atoms with Crippen LogP contribution in [-0.4, -0.2) is 121 Å². The van der Waals surface area contributed by atoms with Crippen molar-refractivity contribution in [2.24, 2.45) is 11.8 Å². The molecule has 290 valence electrons. The molecule has 0 saturated carbocycles. The smallest absolute Gasteiger partial charge is 0.172 e. The molecule has 1 N–H and O–H groups in total. The molecule has 10 rings (SSSR count). The van der Waals surface area contributed by atoms with Crippen LogP contribution in [0.2, 0.25) is 0 Å². The Kier molecular flexibility index (Phi) is 10.0. The number of fused-ring (bicyclic) bond motifs is 6. The molecule has 10 aliphatic heterocycles. The Morgan fingerprint density at radius 3 is 2.37 bits per heavy atom. The van der Waals surface area contributed by atoms with E-state index < -0.39 is 11.9 Å². The highest BCUT2D eigenvalue weighted by Gasteiger charge is 2.68. The number of Topliss-reactive ketones (excluding diaryl/α,β-unsaturated/α-hetero) is 1. The van der Waals surface area contributed by atoms with Crippen molar-refractivity contribution in [1.29, 1.82) is 0 Å². The lowest BCUT2D eigenvalue weighted by Crippen LogP contribution is -2.61. The minimum atomic E-state index is -0.772. The van der Waals surface area contributed by atoms with Crippen molar-refractivity contribution in [3.05, 3.63) is 24.3 Å². The van der Waals surface area contributed by atoms with Crippen LogP contribution in [0.3, 0.4) is 0 Å². The molecule has 0 radical (unpaired) electrons. The lowest BCUT2D eigenvalue weighted by Gasteiger charge is -2.47. The molecule has 12 bridgehead atoms. The first-order valence-electron chi connectivity index (χ1n) is 20.5. The van der Waals surface area contributed by atoms with Crippen molar-refractivity contribution in [3.8, 4) is 0 Å². The summed E-state index contributed by atoms with van der Waals surface area (Å²) in [6, 6.07) is 0. The number of rotatable bonds is 4. The number of carbonyl (C=O) groups excluding carboxylic acids is 1. The van der Waals surface area contributed by atoms with Gasteiger partial charge in [0.05, 0.1) is 67.1 Å². The SMILES string of the molecule is C=C1C[C@@H]2CCC34CC5OC6C(OC7CCC(CC(=O)CC8C(CC9OC(CCC1O2)CC(C)C9=C)OC(CC(O)CC)C8OC)OC7C6O3)C5O4. The molecule has 0 amide bonds. The van der Waals surface area contributed by atoms with Crippen LogP contribution in [0.5, 0.6) is 0 Å². The van der Waals surface area contributed by atoms with Gasteiger partial charge in [0, 0.05) is 51.6 Å². The maximum Gasteiger partial charge on any atom is 0.172 e. The van der Waals surface area contributed by atoms with Gasteiger partial charge in [-0.1, -0.05) is 27.0 Å². The van der Waals surface area contributed by atoms with Crippen LogP contribution in [0.25, 0.3) is 0 Å². The zero-order valence-corrected chi connectivity index (χ0v) is 31.2. The fraction of sp³-hybridized carbons (Fsp3) is 0.878. The van der Waals surface area contributed by atoms with Crippen LogP contribution in [-0.2, 0) is 47.4 Å². The molecular weight excluding hydrogens is 668 g/mol. The number of ketones is 1. The van der Waals surface area contributed by atoms with Gasteiger partial charge in [0.25, 0.3) is 0 Å². The van der Waals surface area contributed by atoms with E-state index in [0.29, 0.717) is 50.9 Å². The average Bonchev–Trinajstić information content (AvgIpc) is 3.79. The molecule has 0 aromatic heterocycles. The predicted octanol–water partition coefficient (Wildman–Crippen LogP) is 4.89. The van der Waals surface area contributed by atoms with Gasteiger partial charge in [-0.05, 0) is 68.4 Å². The number of carbonyl (C=O) groups is 1. The third-order valence-corrected chi connectivity index (χ3v) is 14.2. The highest BCUT2D eigenvalue weighted by atomic mass is 16.8. The lowest BCUT2D eigenvalue weighted by atomic mass is 9.81. The second-order valence-corrected chi connectivity index (χ2v) is 17.6. The molecule has 10 aliphatic rings. The molecule has 10 saturated heterocycles. The van der Waals surface area contributed by atoms with E-state index in [2.05, 4.69) is 20.1 Å². The molecule has 19 atom stereocenters. The van der Waals surface area contributed by atoms with E-state index in [9.17, 15) is 9.90 Å². The third-order valence-electron chi connectivity index (χ3n) is 14.2. The molecule has 11 nitrogen and oxygen atoms in total. The summed E-state index contributed by atoms with van der Waals surface area (Å²) in [5, 5.41) is 10.7. The molecular formula is C41H60O11. The molecule has 10 fully saturated rings. The monoisotopic (exact) mass is 728 g/mol. The van der Waals surface area contributed by atoms with E-state index in [0.717, 1.165) is 56.1 Å². The second-order valence-electron chi connectivity index (χ2n) is 17.6. The summed E-state index contributed by atoms with van der Waals surface area (Å²) < 4.78 is 60.2. The van der Waals surface area contributed by atoms with Gasteiger partial charge in [0.1, 0.15) is 36.3 Å². The summed E-state index contributed by atoms with van der Waals surface area (Å²) in [5.41, 5.74) is 2.23. The van der Waals surface area contributed by atoms with Gasteiger partial charge in [-0.15, -0.1) is 0 Å². The Morgan fingerprint density at radius 1 is 0.788 bits per heavy atom. The van der Waals surface area contributed by atoms with Crippen molar-refractivity contribution in [2.45, 2.75) is 207 Å². The van der Waals surface area contributed by atoms with E-state index >= 15 is 0 Å². The summed E-state index contributed by atoms with van der Waals surface area (Å²) in [7, 11) is 1.69. The summed E-state index contributed by atoms with van der Waals surface area (Å²) >= 11 is 0. The molecule has 0 aliphatic carbocycles. The summed E-state index contributed by atoms with van der Waals surface area (Å²) in [4.78, 5) is 14.1. The quantitative estimate of drug-likeness (QED) is 0.399. The number of hydrogen-bond donors (Lipinski definition) is 1. The standard InChI is InChI=1S/C41H60O11/c1-6-23(42)17-33-35(44-5)28-16-24(43)15-26-8-10-30-36(47-26)40-39-38(49-30)37-34(50-39)19-41(51-37,52-40)12-11-27-14-21(3)29(45-27)9-7-25-13-20(2)22(4)31(46-25)18-32(28)48-33/h20,23,25-40,42H,3-4,6-19H2,1-2,5H3/t20?,23?,25?,26?,27-,28?,29?,30?,31?,32?,33?,34?,35?,36?,37?,38?,39?,40?,41?/m0/s1. The van der Waals surface area contributed by atoms with Crippen LogP contribution in [0, 0.1) is 11.8 Å². The van der Waals surface area contributed by atoms with Gasteiger partial charge in [0.15, 0.2) is 5.79 Å². The Hall–Kier alpha value is -1.25. The van der Waals surface area contributed by atoms with Crippen LogP contribution in [0.15, 0.2) is 24.3 Å². The van der Waals surface area contributed by atoms with E-state index in [4.69, 9.17) is 42.6 Å². The predicted molar refractivity (Wildman–Crippen MR) is 187 cm³/mol. The van der Waals surface area contributed by atoms with Crippen molar-refractivity contribution in [2.75, 3.05) is 7.11 Å². The number of ether oxygens (including phenoxy) is 9. The van der Waals surface area contributed by atoms with Crippen LogP contribution in [0.1, 0.15) is 104 Å². The fourth-order valence-electron chi connectivity index (χ4n) is 11.4. The zero-order chi connectivity index (χ0) is 35.9. The Balaban J connectivity index is 0.994. The van der Waals surface area contributed by atoms with Gasteiger partial charge in [-0.2, -0.15) is 0 Å². The van der Waals surface area contributed by atoms with Crippen molar-refractivity contribution in [3.63, 3.8) is 0 Å². The molecule has 0 aromatic rings.